The number of nitrogens with two attached hydrogens (primary N) is 1. The molecule has 3 aromatic carbocycles. The fraction of sp³-hybridized carbons (Fsp3) is 0.0833. The van der Waals surface area contributed by atoms with Crippen molar-refractivity contribution in [3.05, 3.63) is 86.3 Å². The number of fused-ring (bicyclic) bond motifs is 2. The lowest BCUT2D eigenvalue weighted by Gasteiger charge is -2.17. The zero-order valence-electron chi connectivity index (χ0n) is 17.2. The number of H-pyrrole nitrogens is 1. The van der Waals surface area contributed by atoms with Gasteiger partial charge in [0.15, 0.2) is 0 Å². The fourth-order valence-corrected chi connectivity index (χ4v) is 4.18. The minimum atomic E-state index is -0.314. The number of nitrogens with one attached hydrogen (secondary N) is 3. The van der Waals surface area contributed by atoms with Crippen molar-refractivity contribution < 1.29 is 0 Å². The van der Waals surface area contributed by atoms with E-state index in [1.807, 2.05) is 24.3 Å². The monoisotopic (exact) mass is 442 g/mol. The summed E-state index contributed by atoms with van der Waals surface area (Å²) in [7, 11) is 1.72. The quantitative estimate of drug-likeness (QED) is 0.276. The van der Waals surface area contributed by atoms with Gasteiger partial charge in [-0.1, -0.05) is 41.9 Å². The largest absolute Gasteiger partial charge is 0.387 e. The first-order chi connectivity index (χ1) is 15.5. The molecule has 0 unspecified atom stereocenters. The number of hydrogen-bond acceptors (Lipinski definition) is 6. The van der Waals surface area contributed by atoms with E-state index in [4.69, 9.17) is 22.7 Å². The van der Waals surface area contributed by atoms with E-state index in [9.17, 15) is 10.1 Å². The van der Waals surface area contributed by atoms with Gasteiger partial charge in [0.1, 0.15) is 6.07 Å². The summed E-state index contributed by atoms with van der Waals surface area (Å²) in [4.78, 5) is 12.2. The number of nitriles is 1. The fourth-order valence-electron chi connectivity index (χ4n) is 3.91. The second-order valence-corrected chi connectivity index (χ2v) is 7.49. The highest BCUT2D eigenvalue weighted by Gasteiger charge is 2.18. The molecule has 0 spiro atoms. The zero-order valence-corrected chi connectivity index (χ0v) is 17.9. The first-order valence-electron chi connectivity index (χ1n) is 9.80. The molecule has 7 nitrogen and oxygen atoms in total. The highest BCUT2D eigenvalue weighted by atomic mass is 35.5. The molecule has 0 aliphatic heterocycles. The van der Waals surface area contributed by atoms with Crippen LogP contribution in [0, 0.1) is 16.7 Å². The lowest BCUT2D eigenvalue weighted by atomic mass is 9.93. The van der Waals surface area contributed by atoms with Crippen LogP contribution in [0.3, 0.4) is 0 Å². The summed E-state index contributed by atoms with van der Waals surface area (Å²) in [6.45, 7) is 0.151. The number of aromatic amines is 1. The van der Waals surface area contributed by atoms with E-state index >= 15 is 0 Å². The second kappa shape index (κ2) is 8.63. The second-order valence-electron chi connectivity index (χ2n) is 7.09. The van der Waals surface area contributed by atoms with Crippen molar-refractivity contribution >= 4 is 50.6 Å². The molecule has 0 saturated heterocycles. The van der Waals surface area contributed by atoms with E-state index in [0.717, 1.165) is 10.8 Å². The van der Waals surface area contributed by atoms with Crippen LogP contribution in [0.1, 0.15) is 22.4 Å². The van der Waals surface area contributed by atoms with Crippen molar-refractivity contribution in [2.75, 3.05) is 7.05 Å². The standard InChI is InChI=1S/C24H19ClN6O/c1-29-23(18-9-21(25)15-5-3-2-4-14(15)20(18)11-27)19(10-26)13-6-7-16-17(8-13)22(12-28)30-31-24(16)32/h2-10,26,29H,12,28H2,1H3,(H,31,32)/b23-19+,26-10?. The van der Waals surface area contributed by atoms with Gasteiger partial charge in [-0.25, -0.2) is 5.10 Å². The van der Waals surface area contributed by atoms with Crippen molar-refractivity contribution in [2.45, 2.75) is 6.54 Å². The van der Waals surface area contributed by atoms with Gasteiger partial charge in [-0.15, -0.1) is 0 Å². The molecule has 0 saturated carbocycles. The minimum absolute atomic E-state index is 0.151. The Kier molecular flexibility index (Phi) is 5.73. The average Bonchev–Trinajstić information content (AvgIpc) is 2.82. The lowest BCUT2D eigenvalue weighted by molar-refractivity contribution is 0.900. The third-order valence-corrected chi connectivity index (χ3v) is 5.72. The Morgan fingerprint density at radius 1 is 1.22 bits per heavy atom. The van der Waals surface area contributed by atoms with E-state index in [0.29, 0.717) is 49.4 Å². The van der Waals surface area contributed by atoms with Crippen LogP contribution in [0.5, 0.6) is 0 Å². The third kappa shape index (κ3) is 3.42. The first kappa shape index (κ1) is 21.2. The summed E-state index contributed by atoms with van der Waals surface area (Å²) >= 11 is 6.54. The third-order valence-electron chi connectivity index (χ3n) is 5.41. The summed E-state index contributed by atoms with van der Waals surface area (Å²) in [6.07, 6.45) is 1.21. The highest BCUT2D eigenvalue weighted by Crippen LogP contribution is 2.34. The number of aromatic nitrogens is 2. The van der Waals surface area contributed by atoms with Crippen LogP contribution in [0.4, 0.5) is 0 Å². The van der Waals surface area contributed by atoms with Gasteiger partial charge in [-0.3, -0.25) is 4.79 Å². The smallest absolute Gasteiger partial charge is 0.272 e. The molecule has 0 atom stereocenters. The molecule has 5 N–H and O–H groups in total. The summed E-state index contributed by atoms with van der Waals surface area (Å²) in [5.74, 6) is 0. The molecule has 0 amide bonds. The van der Waals surface area contributed by atoms with Gasteiger partial charge in [0.05, 0.1) is 22.3 Å². The number of nitrogens with zero attached hydrogens (tertiary/aromatic N) is 2. The zero-order chi connectivity index (χ0) is 22.8. The Balaban J connectivity index is 2.05. The topological polar surface area (TPSA) is 131 Å². The summed E-state index contributed by atoms with van der Waals surface area (Å²) < 4.78 is 0. The summed E-state index contributed by atoms with van der Waals surface area (Å²) in [5, 5.41) is 30.8. The van der Waals surface area contributed by atoms with Crippen LogP contribution < -0.4 is 16.6 Å². The van der Waals surface area contributed by atoms with Gasteiger partial charge in [0, 0.05) is 52.1 Å². The van der Waals surface area contributed by atoms with Gasteiger partial charge >= 0.3 is 0 Å². The van der Waals surface area contributed by atoms with Gasteiger partial charge < -0.3 is 16.5 Å². The Morgan fingerprint density at radius 3 is 2.62 bits per heavy atom. The number of rotatable bonds is 5. The maximum atomic E-state index is 12.2. The maximum absolute atomic E-state index is 12.2. The van der Waals surface area contributed by atoms with E-state index in [1.54, 1.807) is 31.3 Å². The summed E-state index contributed by atoms with van der Waals surface area (Å²) in [5.41, 5.74) is 8.84. The molecule has 0 fully saturated rings. The van der Waals surface area contributed by atoms with E-state index in [-0.39, 0.29) is 12.1 Å². The van der Waals surface area contributed by atoms with Gasteiger partial charge in [-0.05, 0) is 23.8 Å². The van der Waals surface area contributed by atoms with Crippen LogP contribution in [0.2, 0.25) is 5.02 Å². The van der Waals surface area contributed by atoms with Crippen molar-refractivity contribution in [1.82, 2.24) is 15.5 Å². The molecule has 1 heterocycles. The van der Waals surface area contributed by atoms with Gasteiger partial charge in [0.25, 0.3) is 5.56 Å². The molecule has 8 heteroatoms. The molecular formula is C24H19ClN6O. The van der Waals surface area contributed by atoms with Crippen molar-refractivity contribution in [3.63, 3.8) is 0 Å². The van der Waals surface area contributed by atoms with Crippen molar-refractivity contribution in [2.24, 2.45) is 5.73 Å². The molecule has 1 aromatic heterocycles. The minimum Gasteiger partial charge on any atom is -0.387 e. The molecule has 158 valence electrons. The Morgan fingerprint density at radius 2 is 1.97 bits per heavy atom. The SMILES string of the molecule is CN/C(=C(\C=N)c1ccc2c(=O)[nH]nc(CN)c2c1)c1cc(Cl)c2ccccc2c1C#N. The molecule has 4 rings (SSSR count). The number of allylic oxidation sites excluding steroid dienone is 1. The molecular weight excluding hydrogens is 424 g/mol. The Labute approximate surface area is 188 Å². The number of hydrogen-bond donors (Lipinski definition) is 4. The average molecular weight is 443 g/mol. The van der Waals surface area contributed by atoms with Gasteiger partial charge in [0.2, 0.25) is 0 Å². The Bertz CT molecular complexity index is 1510. The molecule has 0 aliphatic rings. The molecule has 0 aliphatic carbocycles. The summed E-state index contributed by atoms with van der Waals surface area (Å²) in [6, 6.07) is 16.7. The van der Waals surface area contributed by atoms with Crippen LogP contribution in [0.15, 0.2) is 53.3 Å². The van der Waals surface area contributed by atoms with E-state index < -0.39 is 0 Å². The highest BCUT2D eigenvalue weighted by molar-refractivity contribution is 6.36. The molecule has 32 heavy (non-hydrogen) atoms. The van der Waals surface area contributed by atoms with Crippen molar-refractivity contribution in [1.29, 1.82) is 10.7 Å². The normalized spacial score (nSPS) is 11.8. The van der Waals surface area contributed by atoms with E-state index in [2.05, 4.69) is 21.6 Å². The number of halogens is 1. The Hall–Kier alpha value is -3.99. The van der Waals surface area contributed by atoms with Crippen LogP contribution in [-0.4, -0.2) is 23.5 Å². The van der Waals surface area contributed by atoms with Crippen LogP contribution in [0.25, 0.3) is 32.8 Å². The lowest BCUT2D eigenvalue weighted by Crippen LogP contribution is -2.14. The van der Waals surface area contributed by atoms with Gasteiger partial charge in [-0.2, -0.15) is 10.4 Å². The van der Waals surface area contributed by atoms with Crippen LogP contribution >= 0.6 is 11.6 Å². The molecule has 0 radical (unpaired) electrons. The van der Waals surface area contributed by atoms with E-state index in [1.165, 1.54) is 6.21 Å². The maximum Gasteiger partial charge on any atom is 0.272 e. The predicted octanol–water partition coefficient (Wildman–Crippen LogP) is 3.80. The number of benzene rings is 3. The molecule has 4 aromatic rings. The molecule has 0 bridgehead atoms. The van der Waals surface area contributed by atoms with Crippen molar-refractivity contribution in [3.8, 4) is 6.07 Å². The predicted molar refractivity (Wildman–Crippen MR) is 129 cm³/mol. The van der Waals surface area contributed by atoms with Crippen LogP contribution in [-0.2, 0) is 6.54 Å². The first-order valence-corrected chi connectivity index (χ1v) is 10.2.